The van der Waals surface area contributed by atoms with E-state index in [1.54, 1.807) is 36.4 Å². The first-order valence-electron chi connectivity index (χ1n) is 10.1. The highest BCUT2D eigenvalue weighted by Crippen LogP contribution is 2.41. The molecule has 33 heavy (non-hydrogen) atoms. The van der Waals surface area contributed by atoms with Crippen molar-refractivity contribution in [1.82, 2.24) is 4.57 Å². The van der Waals surface area contributed by atoms with Gasteiger partial charge in [0.2, 0.25) is 0 Å². The van der Waals surface area contributed by atoms with Gasteiger partial charge in [-0.05, 0) is 67.9 Å². The highest BCUT2D eigenvalue weighted by atomic mass is 35.5. The number of amides is 2. The van der Waals surface area contributed by atoms with Crippen LogP contribution in [0.4, 0.5) is 25.0 Å². The Labute approximate surface area is 193 Å². The Balaban J connectivity index is 1.54. The number of urea groups is 1. The van der Waals surface area contributed by atoms with Gasteiger partial charge in [0.1, 0.15) is 5.69 Å². The predicted octanol–water partition coefficient (Wildman–Crippen LogP) is 5.32. The number of rotatable bonds is 5. The number of pyridine rings is 1. The molecule has 2 amide bonds. The first-order chi connectivity index (χ1) is 15.6. The fourth-order valence-corrected chi connectivity index (χ4v) is 3.60. The fraction of sp³-hybridized carbons (Fsp3) is 0.217. The van der Waals surface area contributed by atoms with Gasteiger partial charge in [0.05, 0.1) is 6.54 Å². The number of halogens is 3. The monoisotopic (exact) mass is 475 g/mol. The molecule has 4 rings (SSSR count). The second-order valence-corrected chi connectivity index (χ2v) is 8.11. The Morgan fingerprint density at radius 2 is 1.82 bits per heavy atom. The third-order valence-electron chi connectivity index (χ3n) is 4.92. The molecule has 2 heterocycles. The summed E-state index contributed by atoms with van der Waals surface area (Å²) in [6.45, 7) is 3.77. The zero-order valence-corrected chi connectivity index (χ0v) is 18.5. The van der Waals surface area contributed by atoms with Crippen molar-refractivity contribution in [1.29, 1.82) is 0 Å². The molecule has 0 fully saturated rings. The molecular weight excluding hydrogens is 456 g/mol. The lowest BCUT2D eigenvalue weighted by molar-refractivity contribution is -0.286. The summed E-state index contributed by atoms with van der Waals surface area (Å²) in [5.74, 6) is -0.182. The van der Waals surface area contributed by atoms with Crippen LogP contribution in [0, 0.1) is 0 Å². The summed E-state index contributed by atoms with van der Waals surface area (Å²) >= 11 is 5.94. The molecule has 0 bridgehead atoms. The molecule has 0 radical (unpaired) electrons. The van der Waals surface area contributed by atoms with Crippen LogP contribution in [0.25, 0.3) is 0 Å². The Morgan fingerprint density at radius 3 is 2.52 bits per heavy atom. The Kier molecular flexibility index (Phi) is 5.99. The van der Waals surface area contributed by atoms with Gasteiger partial charge in [-0.25, -0.2) is 4.79 Å². The number of nitrogens with zero attached hydrogens (tertiary/aromatic N) is 2. The molecule has 1 aliphatic rings. The van der Waals surface area contributed by atoms with Gasteiger partial charge in [-0.15, -0.1) is 8.78 Å². The van der Waals surface area contributed by atoms with Gasteiger partial charge in [-0.1, -0.05) is 17.7 Å². The minimum Gasteiger partial charge on any atom is -0.395 e. The molecule has 2 aromatic carbocycles. The van der Waals surface area contributed by atoms with E-state index in [1.807, 2.05) is 13.8 Å². The Morgan fingerprint density at radius 1 is 1.12 bits per heavy atom. The van der Waals surface area contributed by atoms with Gasteiger partial charge in [0.25, 0.3) is 5.56 Å². The summed E-state index contributed by atoms with van der Waals surface area (Å²) in [7, 11) is 0. The van der Waals surface area contributed by atoms with Gasteiger partial charge in [0, 0.05) is 22.9 Å². The van der Waals surface area contributed by atoms with Crippen molar-refractivity contribution in [3.8, 4) is 11.5 Å². The van der Waals surface area contributed by atoms with Gasteiger partial charge < -0.3 is 19.4 Å². The summed E-state index contributed by atoms with van der Waals surface area (Å²) in [6, 6.07) is 13.5. The molecule has 10 heteroatoms. The molecule has 0 atom stereocenters. The first kappa shape index (κ1) is 22.6. The van der Waals surface area contributed by atoms with Crippen LogP contribution < -0.4 is 25.2 Å². The number of carbonyl (C=O) groups is 1. The maximum atomic E-state index is 13.2. The van der Waals surface area contributed by atoms with Crippen molar-refractivity contribution in [2.75, 3.05) is 10.2 Å². The molecule has 0 saturated heterocycles. The van der Waals surface area contributed by atoms with Gasteiger partial charge in [0.15, 0.2) is 11.5 Å². The van der Waals surface area contributed by atoms with E-state index in [4.69, 9.17) is 11.6 Å². The quantitative estimate of drug-likeness (QED) is 0.542. The van der Waals surface area contributed by atoms with Crippen LogP contribution in [0.15, 0.2) is 65.6 Å². The Hall–Kier alpha value is -3.59. The van der Waals surface area contributed by atoms with E-state index in [0.29, 0.717) is 16.3 Å². The van der Waals surface area contributed by atoms with E-state index in [0.717, 1.165) is 0 Å². The maximum Gasteiger partial charge on any atom is 0.586 e. The average Bonchev–Trinajstić information content (AvgIpc) is 3.05. The summed E-state index contributed by atoms with van der Waals surface area (Å²) < 4.78 is 36.7. The third-order valence-corrected chi connectivity index (χ3v) is 5.17. The normalized spacial score (nSPS) is 13.8. The number of anilines is 2. The smallest absolute Gasteiger partial charge is 0.395 e. The molecule has 1 N–H and O–H groups in total. The van der Waals surface area contributed by atoms with Crippen LogP contribution in [-0.2, 0) is 6.54 Å². The number of ether oxygens (including phenoxy) is 2. The van der Waals surface area contributed by atoms with Crippen LogP contribution in [0.5, 0.6) is 11.5 Å². The topological polar surface area (TPSA) is 72.8 Å². The van der Waals surface area contributed by atoms with Crippen molar-refractivity contribution in [2.45, 2.75) is 32.7 Å². The number of carbonyl (C=O) groups excluding carboxylic acids is 1. The average molecular weight is 476 g/mol. The van der Waals surface area contributed by atoms with Crippen molar-refractivity contribution in [2.24, 2.45) is 0 Å². The molecule has 1 aliphatic heterocycles. The molecule has 0 spiro atoms. The lowest BCUT2D eigenvalue weighted by Crippen LogP contribution is -2.41. The molecule has 0 saturated carbocycles. The molecule has 172 valence electrons. The Bertz CT molecular complexity index is 1250. The van der Waals surface area contributed by atoms with Crippen molar-refractivity contribution >= 4 is 29.0 Å². The van der Waals surface area contributed by atoms with E-state index >= 15 is 0 Å². The summed E-state index contributed by atoms with van der Waals surface area (Å²) in [5.41, 5.74) is 0.800. The number of aromatic nitrogens is 1. The number of fused-ring (bicyclic) bond motifs is 1. The molecule has 1 aromatic heterocycles. The lowest BCUT2D eigenvalue weighted by atomic mass is 10.2. The fourth-order valence-electron chi connectivity index (χ4n) is 3.47. The van der Waals surface area contributed by atoms with E-state index < -0.39 is 17.9 Å². The van der Waals surface area contributed by atoms with E-state index in [1.165, 1.54) is 33.9 Å². The minimum absolute atomic E-state index is 0.0758. The van der Waals surface area contributed by atoms with E-state index in [-0.39, 0.29) is 29.8 Å². The second kappa shape index (κ2) is 8.74. The summed E-state index contributed by atoms with van der Waals surface area (Å²) in [6.07, 6.45) is -2.18. The molecule has 0 aliphatic carbocycles. The molecule has 0 unspecified atom stereocenters. The maximum absolute atomic E-state index is 13.2. The van der Waals surface area contributed by atoms with E-state index in [9.17, 15) is 18.4 Å². The predicted molar refractivity (Wildman–Crippen MR) is 121 cm³/mol. The number of hydrogen-bond donors (Lipinski definition) is 1. The number of hydrogen-bond acceptors (Lipinski definition) is 4. The SMILES string of the molecule is CC(C)N(C(=O)Nc1cccn(Cc2ccc3c(c2)OC(F)(F)O3)c1=O)c1ccc(Cl)cc1. The van der Waals surface area contributed by atoms with Gasteiger partial charge >= 0.3 is 12.3 Å². The zero-order chi connectivity index (χ0) is 23.8. The van der Waals surface area contributed by atoms with Crippen molar-refractivity contribution < 1.29 is 23.0 Å². The van der Waals surface area contributed by atoms with Crippen molar-refractivity contribution in [3.63, 3.8) is 0 Å². The van der Waals surface area contributed by atoms with Crippen LogP contribution in [0.2, 0.25) is 5.02 Å². The summed E-state index contributed by atoms with van der Waals surface area (Å²) in [4.78, 5) is 27.4. The zero-order valence-electron chi connectivity index (χ0n) is 17.7. The van der Waals surface area contributed by atoms with Crippen LogP contribution >= 0.6 is 11.6 Å². The summed E-state index contributed by atoms with van der Waals surface area (Å²) in [5, 5.41) is 3.20. The highest BCUT2D eigenvalue weighted by Gasteiger charge is 2.43. The number of benzene rings is 2. The highest BCUT2D eigenvalue weighted by molar-refractivity contribution is 6.30. The van der Waals surface area contributed by atoms with Crippen LogP contribution in [0.1, 0.15) is 19.4 Å². The van der Waals surface area contributed by atoms with Gasteiger partial charge in [-0.2, -0.15) is 0 Å². The largest absolute Gasteiger partial charge is 0.586 e. The van der Waals surface area contributed by atoms with Gasteiger partial charge in [-0.3, -0.25) is 9.69 Å². The number of nitrogens with one attached hydrogen (secondary N) is 1. The third kappa shape index (κ3) is 4.93. The molecule has 3 aromatic rings. The second-order valence-electron chi connectivity index (χ2n) is 7.67. The van der Waals surface area contributed by atoms with E-state index in [2.05, 4.69) is 14.8 Å². The van der Waals surface area contributed by atoms with Crippen LogP contribution in [0.3, 0.4) is 0 Å². The first-order valence-corrected chi connectivity index (χ1v) is 10.4. The lowest BCUT2D eigenvalue weighted by Gasteiger charge is -2.27. The molecule has 7 nitrogen and oxygen atoms in total. The minimum atomic E-state index is -3.71. The molecular formula is C23H20ClF2N3O4. The standard InChI is InChI=1S/C23H20ClF2N3O4/c1-14(2)29(17-8-6-16(24)7-9-17)22(31)27-18-4-3-11-28(21(18)30)13-15-5-10-19-20(12-15)33-23(25,26)32-19/h3-12,14H,13H2,1-2H3,(H,27,31). The number of alkyl halides is 2. The van der Waals surface area contributed by atoms with Crippen LogP contribution in [-0.4, -0.2) is 22.9 Å². The van der Waals surface area contributed by atoms with Crippen molar-refractivity contribution in [3.05, 3.63) is 81.7 Å².